The van der Waals surface area contributed by atoms with Gasteiger partial charge in [0.25, 0.3) is 5.91 Å². The SMILES string of the molecule is COc1nccc(NC(=O)c2cc(F)cc(C(F)(F)F)c2)c1Nc1ccccc1Cl. The van der Waals surface area contributed by atoms with Gasteiger partial charge >= 0.3 is 6.18 Å². The zero-order valence-electron chi connectivity index (χ0n) is 15.3. The molecule has 1 heterocycles. The van der Waals surface area contributed by atoms with Crippen molar-refractivity contribution in [3.8, 4) is 5.88 Å². The second kappa shape index (κ2) is 8.58. The van der Waals surface area contributed by atoms with Crippen LogP contribution in [0.25, 0.3) is 0 Å². The van der Waals surface area contributed by atoms with Crippen molar-refractivity contribution in [3.05, 3.63) is 76.7 Å². The van der Waals surface area contributed by atoms with Crippen LogP contribution in [0.2, 0.25) is 5.02 Å². The van der Waals surface area contributed by atoms with E-state index in [0.717, 1.165) is 0 Å². The number of benzene rings is 2. The van der Waals surface area contributed by atoms with Crippen molar-refractivity contribution in [2.45, 2.75) is 6.18 Å². The highest BCUT2D eigenvalue weighted by molar-refractivity contribution is 6.33. The Morgan fingerprint density at radius 2 is 1.83 bits per heavy atom. The van der Waals surface area contributed by atoms with Crippen LogP contribution in [0.1, 0.15) is 15.9 Å². The molecule has 0 bridgehead atoms. The normalized spacial score (nSPS) is 11.1. The minimum absolute atomic E-state index is 0.0999. The van der Waals surface area contributed by atoms with Crippen LogP contribution in [-0.2, 0) is 6.18 Å². The van der Waals surface area contributed by atoms with E-state index in [1.165, 1.54) is 19.4 Å². The third kappa shape index (κ3) is 4.80. The van der Waals surface area contributed by atoms with Crippen molar-refractivity contribution < 1.29 is 27.1 Å². The third-order valence-electron chi connectivity index (χ3n) is 3.98. The number of carbonyl (C=O) groups excluding carboxylic acids is 1. The van der Waals surface area contributed by atoms with E-state index in [2.05, 4.69) is 15.6 Å². The standard InChI is InChI=1S/C20H14ClF4N3O2/c1-30-19-17(27-15-5-3-2-4-14(15)21)16(6-7-26-19)28-18(29)11-8-12(20(23,24)25)10-13(22)9-11/h2-10,27H,1H3,(H,26,28,29). The van der Waals surface area contributed by atoms with E-state index >= 15 is 0 Å². The molecule has 30 heavy (non-hydrogen) atoms. The lowest BCUT2D eigenvalue weighted by molar-refractivity contribution is -0.137. The van der Waals surface area contributed by atoms with E-state index in [0.29, 0.717) is 28.9 Å². The number of hydrogen-bond acceptors (Lipinski definition) is 4. The van der Waals surface area contributed by atoms with Crippen molar-refractivity contribution in [2.24, 2.45) is 0 Å². The van der Waals surface area contributed by atoms with Gasteiger partial charge in [-0.05, 0) is 36.4 Å². The number of aromatic nitrogens is 1. The summed E-state index contributed by atoms with van der Waals surface area (Å²) in [5.74, 6) is -2.03. The summed E-state index contributed by atoms with van der Waals surface area (Å²) in [7, 11) is 1.36. The maximum Gasteiger partial charge on any atom is 0.416 e. The predicted molar refractivity (Wildman–Crippen MR) is 105 cm³/mol. The lowest BCUT2D eigenvalue weighted by atomic mass is 10.1. The van der Waals surface area contributed by atoms with Gasteiger partial charge in [-0.1, -0.05) is 23.7 Å². The summed E-state index contributed by atoms with van der Waals surface area (Å²) in [4.78, 5) is 16.6. The first-order valence-corrected chi connectivity index (χ1v) is 8.80. The Morgan fingerprint density at radius 3 is 2.50 bits per heavy atom. The molecule has 2 N–H and O–H groups in total. The smallest absolute Gasteiger partial charge is 0.416 e. The average Bonchev–Trinajstić information content (AvgIpc) is 2.69. The van der Waals surface area contributed by atoms with Crippen LogP contribution in [0.5, 0.6) is 5.88 Å². The van der Waals surface area contributed by atoms with Crippen LogP contribution in [0, 0.1) is 5.82 Å². The molecule has 0 spiro atoms. The van der Waals surface area contributed by atoms with Gasteiger partial charge in [0, 0.05) is 11.8 Å². The van der Waals surface area contributed by atoms with Gasteiger partial charge in [0.15, 0.2) is 0 Å². The molecule has 0 aliphatic rings. The number of anilines is 3. The van der Waals surface area contributed by atoms with E-state index < -0.39 is 29.0 Å². The van der Waals surface area contributed by atoms with Gasteiger partial charge in [0.2, 0.25) is 5.88 Å². The van der Waals surface area contributed by atoms with Crippen LogP contribution >= 0.6 is 11.6 Å². The Kier molecular flexibility index (Phi) is 6.12. The Morgan fingerprint density at radius 1 is 1.10 bits per heavy atom. The van der Waals surface area contributed by atoms with Gasteiger partial charge in [-0.2, -0.15) is 13.2 Å². The highest BCUT2D eigenvalue weighted by Gasteiger charge is 2.32. The van der Waals surface area contributed by atoms with Crippen LogP contribution in [0.15, 0.2) is 54.7 Å². The van der Waals surface area contributed by atoms with Crippen LogP contribution in [0.4, 0.5) is 34.6 Å². The molecule has 1 aromatic heterocycles. The number of alkyl halides is 3. The number of amides is 1. The molecule has 0 atom stereocenters. The average molecular weight is 440 g/mol. The molecule has 0 unspecified atom stereocenters. The van der Waals surface area contributed by atoms with E-state index in [1.54, 1.807) is 24.3 Å². The molecule has 0 saturated heterocycles. The number of hydrogen-bond donors (Lipinski definition) is 2. The first kappa shape index (κ1) is 21.4. The monoisotopic (exact) mass is 439 g/mol. The topological polar surface area (TPSA) is 63.2 Å². The second-order valence-electron chi connectivity index (χ2n) is 6.03. The molecular formula is C20H14ClF4N3O2. The minimum Gasteiger partial charge on any atom is -0.479 e. The van der Waals surface area contributed by atoms with Gasteiger partial charge in [-0.3, -0.25) is 4.79 Å². The minimum atomic E-state index is -4.80. The summed E-state index contributed by atoms with van der Waals surface area (Å²) >= 11 is 6.14. The quantitative estimate of drug-likeness (QED) is 0.486. The summed E-state index contributed by atoms with van der Waals surface area (Å²) in [5, 5.41) is 5.80. The van der Waals surface area contributed by atoms with Crippen LogP contribution in [0.3, 0.4) is 0 Å². The Labute approximate surface area is 173 Å². The second-order valence-corrected chi connectivity index (χ2v) is 6.44. The highest BCUT2D eigenvalue weighted by atomic mass is 35.5. The number of rotatable bonds is 5. The molecular weight excluding hydrogens is 426 g/mol. The molecule has 156 valence electrons. The van der Waals surface area contributed by atoms with Crippen molar-refractivity contribution >= 4 is 34.6 Å². The number of carbonyl (C=O) groups is 1. The summed E-state index contributed by atoms with van der Waals surface area (Å²) in [5.41, 5.74) is -0.930. The molecule has 10 heteroatoms. The van der Waals surface area contributed by atoms with Crippen LogP contribution in [-0.4, -0.2) is 18.0 Å². The molecule has 0 aliphatic heterocycles. The van der Waals surface area contributed by atoms with Gasteiger partial charge in [0.1, 0.15) is 11.5 Å². The number of nitrogens with one attached hydrogen (secondary N) is 2. The number of para-hydroxylation sites is 1. The Hall–Kier alpha value is -3.33. The zero-order valence-corrected chi connectivity index (χ0v) is 16.1. The number of methoxy groups -OCH3 is 1. The molecule has 0 aliphatic carbocycles. The van der Waals surface area contributed by atoms with Crippen molar-refractivity contribution in [1.29, 1.82) is 0 Å². The highest BCUT2D eigenvalue weighted by Crippen LogP contribution is 2.36. The van der Waals surface area contributed by atoms with Crippen molar-refractivity contribution in [2.75, 3.05) is 17.7 Å². The zero-order chi connectivity index (χ0) is 21.9. The van der Waals surface area contributed by atoms with Crippen molar-refractivity contribution in [3.63, 3.8) is 0 Å². The fourth-order valence-corrected chi connectivity index (χ4v) is 2.78. The molecule has 3 rings (SSSR count). The molecule has 3 aromatic rings. The van der Waals surface area contributed by atoms with Gasteiger partial charge in [-0.15, -0.1) is 0 Å². The fraction of sp³-hybridized carbons (Fsp3) is 0.100. The van der Waals surface area contributed by atoms with Gasteiger partial charge in [0.05, 0.1) is 29.1 Å². The Bertz CT molecular complexity index is 1090. The van der Waals surface area contributed by atoms with E-state index in [4.69, 9.17) is 16.3 Å². The molecule has 0 fully saturated rings. The lowest BCUT2D eigenvalue weighted by Crippen LogP contribution is -2.16. The predicted octanol–water partition coefficient (Wildman–Crippen LogP) is 5.90. The van der Waals surface area contributed by atoms with E-state index in [-0.39, 0.29) is 17.3 Å². The summed E-state index contributed by atoms with van der Waals surface area (Å²) < 4.78 is 57.6. The first-order valence-electron chi connectivity index (χ1n) is 8.42. The molecule has 5 nitrogen and oxygen atoms in total. The maximum absolute atomic E-state index is 13.7. The third-order valence-corrected chi connectivity index (χ3v) is 4.31. The number of pyridine rings is 1. The molecule has 0 saturated carbocycles. The maximum atomic E-state index is 13.7. The van der Waals surface area contributed by atoms with Gasteiger partial charge in [-0.25, -0.2) is 9.37 Å². The molecule has 1 amide bonds. The number of nitrogens with zero attached hydrogens (tertiary/aromatic N) is 1. The van der Waals surface area contributed by atoms with Crippen molar-refractivity contribution in [1.82, 2.24) is 4.98 Å². The van der Waals surface area contributed by atoms with E-state index in [9.17, 15) is 22.4 Å². The van der Waals surface area contributed by atoms with Crippen LogP contribution < -0.4 is 15.4 Å². The number of ether oxygens (including phenoxy) is 1. The lowest BCUT2D eigenvalue weighted by Gasteiger charge is -2.16. The molecule has 0 radical (unpaired) electrons. The number of halogens is 5. The first-order chi connectivity index (χ1) is 14.2. The summed E-state index contributed by atoms with van der Waals surface area (Å²) in [6.07, 6.45) is -3.47. The summed E-state index contributed by atoms with van der Waals surface area (Å²) in [6.45, 7) is 0. The van der Waals surface area contributed by atoms with E-state index in [1.807, 2.05) is 0 Å². The van der Waals surface area contributed by atoms with Gasteiger partial charge < -0.3 is 15.4 Å². The molecule has 2 aromatic carbocycles. The fourth-order valence-electron chi connectivity index (χ4n) is 2.60. The Balaban J connectivity index is 1.96. The largest absolute Gasteiger partial charge is 0.479 e. The summed E-state index contributed by atoms with van der Waals surface area (Å²) in [6, 6.07) is 9.75.